The molecule has 32 heavy (non-hydrogen) atoms. The molecular weight excluding hydrogens is 409 g/mol. The van der Waals surface area contributed by atoms with Crippen LogP contribution in [0.2, 0.25) is 0 Å². The highest BCUT2D eigenvalue weighted by atomic mass is 19.1. The van der Waals surface area contributed by atoms with E-state index in [-0.39, 0.29) is 12.1 Å². The number of methoxy groups -OCH3 is 1. The lowest BCUT2D eigenvalue weighted by Crippen LogP contribution is -2.25. The summed E-state index contributed by atoms with van der Waals surface area (Å²) in [7, 11) is 1.62. The summed E-state index contributed by atoms with van der Waals surface area (Å²) in [6.45, 7) is 1.37. The van der Waals surface area contributed by atoms with Gasteiger partial charge in [0.1, 0.15) is 23.1 Å². The second-order valence-corrected chi connectivity index (χ2v) is 7.21. The number of aryl methyl sites for hydroxylation is 1. The number of nitrogens with one attached hydrogen (secondary N) is 1. The maximum atomic E-state index is 13.9. The van der Waals surface area contributed by atoms with Crippen LogP contribution in [0.3, 0.4) is 0 Å². The van der Waals surface area contributed by atoms with Gasteiger partial charge in [-0.15, -0.1) is 0 Å². The Bertz CT molecular complexity index is 1220. The molecule has 0 aliphatic rings. The molecule has 0 saturated heterocycles. The van der Waals surface area contributed by atoms with E-state index in [0.717, 1.165) is 29.0 Å². The van der Waals surface area contributed by atoms with Crippen molar-refractivity contribution < 1.29 is 18.7 Å². The standard InChI is InChI=1S/C25H24FN3O3/c1-31-18-8-6-9-19(16-18)32-15-7-14-29-23-13-5-4-12-22(23)28-24(29)17-27-25(30)20-10-2-3-11-21(20)26/h2-6,8-13,16H,7,14-15,17H2,1H3,(H,27,30). The number of imidazole rings is 1. The number of carbonyl (C=O) groups excluding carboxylic acids is 1. The van der Waals surface area contributed by atoms with Crippen LogP contribution in [0.15, 0.2) is 72.8 Å². The number of aromatic nitrogens is 2. The third kappa shape index (κ3) is 4.88. The van der Waals surface area contributed by atoms with Gasteiger partial charge in [0.2, 0.25) is 0 Å². The molecule has 0 unspecified atom stereocenters. The predicted molar refractivity (Wildman–Crippen MR) is 120 cm³/mol. The number of nitrogens with zero attached hydrogens (tertiary/aromatic N) is 2. The molecule has 6 nitrogen and oxygen atoms in total. The monoisotopic (exact) mass is 433 g/mol. The Morgan fingerprint density at radius 1 is 1.03 bits per heavy atom. The normalized spacial score (nSPS) is 10.8. The molecule has 1 amide bonds. The van der Waals surface area contributed by atoms with Crippen molar-refractivity contribution in [1.82, 2.24) is 14.9 Å². The Labute approximate surface area is 185 Å². The van der Waals surface area contributed by atoms with Gasteiger partial charge in [0, 0.05) is 12.6 Å². The summed E-state index contributed by atoms with van der Waals surface area (Å²) in [5, 5.41) is 2.78. The number of fused-ring (bicyclic) bond motifs is 1. The Morgan fingerprint density at radius 2 is 1.81 bits per heavy atom. The molecule has 3 aromatic carbocycles. The van der Waals surface area contributed by atoms with E-state index in [1.165, 1.54) is 12.1 Å². The average molecular weight is 433 g/mol. The van der Waals surface area contributed by atoms with Gasteiger partial charge in [-0.25, -0.2) is 9.37 Å². The van der Waals surface area contributed by atoms with E-state index in [9.17, 15) is 9.18 Å². The molecule has 164 valence electrons. The SMILES string of the molecule is COc1cccc(OCCCn2c(CNC(=O)c3ccccc3F)nc3ccccc32)c1. The van der Waals surface area contributed by atoms with E-state index < -0.39 is 11.7 Å². The molecule has 0 radical (unpaired) electrons. The summed E-state index contributed by atoms with van der Waals surface area (Å²) >= 11 is 0. The maximum absolute atomic E-state index is 13.9. The van der Waals surface area contributed by atoms with Crippen molar-refractivity contribution in [1.29, 1.82) is 0 Å². The van der Waals surface area contributed by atoms with Gasteiger partial charge in [-0.3, -0.25) is 4.79 Å². The number of para-hydroxylation sites is 2. The van der Waals surface area contributed by atoms with E-state index in [0.29, 0.717) is 19.0 Å². The van der Waals surface area contributed by atoms with Gasteiger partial charge in [0.15, 0.2) is 0 Å². The van der Waals surface area contributed by atoms with Crippen molar-refractivity contribution in [2.45, 2.75) is 19.5 Å². The highest BCUT2D eigenvalue weighted by molar-refractivity contribution is 5.94. The first-order valence-electron chi connectivity index (χ1n) is 10.4. The van der Waals surface area contributed by atoms with Gasteiger partial charge >= 0.3 is 0 Å². The smallest absolute Gasteiger partial charge is 0.254 e. The first-order valence-corrected chi connectivity index (χ1v) is 10.4. The number of benzene rings is 3. The Morgan fingerprint density at radius 3 is 2.66 bits per heavy atom. The average Bonchev–Trinajstić information content (AvgIpc) is 3.18. The minimum atomic E-state index is -0.548. The summed E-state index contributed by atoms with van der Waals surface area (Å²) in [6, 6.07) is 21.2. The van der Waals surface area contributed by atoms with Gasteiger partial charge in [-0.1, -0.05) is 30.3 Å². The molecule has 0 bridgehead atoms. The number of ether oxygens (including phenoxy) is 2. The van der Waals surface area contributed by atoms with Gasteiger partial charge in [-0.05, 0) is 42.8 Å². The van der Waals surface area contributed by atoms with Crippen molar-refractivity contribution in [3.63, 3.8) is 0 Å². The minimum absolute atomic E-state index is 0.0156. The molecule has 0 fully saturated rings. The zero-order valence-corrected chi connectivity index (χ0v) is 17.8. The molecule has 0 aliphatic carbocycles. The fraction of sp³-hybridized carbons (Fsp3) is 0.200. The summed E-state index contributed by atoms with van der Waals surface area (Å²) in [5.74, 6) is 1.18. The van der Waals surface area contributed by atoms with Crippen LogP contribution < -0.4 is 14.8 Å². The van der Waals surface area contributed by atoms with Crippen molar-refractivity contribution in [3.05, 3.63) is 90.0 Å². The van der Waals surface area contributed by atoms with Crippen LogP contribution in [0.5, 0.6) is 11.5 Å². The van der Waals surface area contributed by atoms with Gasteiger partial charge in [0.25, 0.3) is 5.91 Å². The summed E-state index contributed by atoms with van der Waals surface area (Å²) in [5.41, 5.74) is 1.84. The first-order chi connectivity index (χ1) is 15.7. The third-order valence-corrected chi connectivity index (χ3v) is 5.10. The lowest BCUT2D eigenvalue weighted by atomic mass is 10.2. The highest BCUT2D eigenvalue weighted by Gasteiger charge is 2.14. The van der Waals surface area contributed by atoms with E-state index in [4.69, 9.17) is 9.47 Å². The highest BCUT2D eigenvalue weighted by Crippen LogP contribution is 2.20. The number of hydrogen-bond acceptors (Lipinski definition) is 4. The van der Waals surface area contributed by atoms with E-state index >= 15 is 0 Å². The van der Waals surface area contributed by atoms with Crippen LogP contribution in [0.1, 0.15) is 22.6 Å². The summed E-state index contributed by atoms with van der Waals surface area (Å²) < 4.78 is 27.0. The Kier molecular flexibility index (Phi) is 6.65. The largest absolute Gasteiger partial charge is 0.497 e. The Hall–Kier alpha value is -3.87. The summed E-state index contributed by atoms with van der Waals surface area (Å²) in [4.78, 5) is 17.1. The fourth-order valence-corrected chi connectivity index (χ4v) is 3.51. The molecule has 1 heterocycles. The molecule has 0 saturated carbocycles. The van der Waals surface area contributed by atoms with Crippen molar-refractivity contribution in [2.75, 3.05) is 13.7 Å². The minimum Gasteiger partial charge on any atom is -0.497 e. The molecular formula is C25H24FN3O3. The fourth-order valence-electron chi connectivity index (χ4n) is 3.51. The van der Waals surface area contributed by atoms with Crippen LogP contribution >= 0.6 is 0 Å². The van der Waals surface area contributed by atoms with Crippen LogP contribution in [-0.2, 0) is 13.1 Å². The molecule has 1 N–H and O–H groups in total. The molecule has 0 atom stereocenters. The summed E-state index contributed by atoms with van der Waals surface area (Å²) in [6.07, 6.45) is 0.742. The zero-order valence-electron chi connectivity index (χ0n) is 17.8. The number of hydrogen-bond donors (Lipinski definition) is 1. The molecule has 0 aliphatic heterocycles. The van der Waals surface area contributed by atoms with Crippen LogP contribution in [0, 0.1) is 5.82 Å². The van der Waals surface area contributed by atoms with Crippen molar-refractivity contribution >= 4 is 16.9 Å². The third-order valence-electron chi connectivity index (χ3n) is 5.10. The van der Waals surface area contributed by atoms with Crippen LogP contribution in [0.4, 0.5) is 4.39 Å². The van der Waals surface area contributed by atoms with Crippen LogP contribution in [-0.4, -0.2) is 29.2 Å². The topological polar surface area (TPSA) is 65.4 Å². The predicted octanol–water partition coefficient (Wildman–Crippen LogP) is 4.58. The van der Waals surface area contributed by atoms with Gasteiger partial charge in [0.05, 0.1) is 36.9 Å². The van der Waals surface area contributed by atoms with E-state index in [1.54, 1.807) is 19.2 Å². The number of carbonyl (C=O) groups is 1. The number of rotatable bonds is 9. The van der Waals surface area contributed by atoms with E-state index in [2.05, 4.69) is 14.9 Å². The molecule has 4 rings (SSSR count). The molecule has 1 aromatic heterocycles. The van der Waals surface area contributed by atoms with E-state index in [1.807, 2.05) is 48.5 Å². The first kappa shape index (κ1) is 21.4. The zero-order chi connectivity index (χ0) is 22.3. The second kappa shape index (κ2) is 9.96. The van der Waals surface area contributed by atoms with Crippen LogP contribution in [0.25, 0.3) is 11.0 Å². The molecule has 7 heteroatoms. The van der Waals surface area contributed by atoms with Crippen molar-refractivity contribution in [3.8, 4) is 11.5 Å². The number of amides is 1. The van der Waals surface area contributed by atoms with Gasteiger partial charge < -0.3 is 19.4 Å². The second-order valence-electron chi connectivity index (χ2n) is 7.21. The lowest BCUT2D eigenvalue weighted by molar-refractivity contribution is 0.0945. The molecule has 0 spiro atoms. The lowest BCUT2D eigenvalue weighted by Gasteiger charge is -2.12. The van der Waals surface area contributed by atoms with Gasteiger partial charge in [-0.2, -0.15) is 0 Å². The quantitative estimate of drug-likeness (QED) is 0.392. The Balaban J connectivity index is 1.43. The van der Waals surface area contributed by atoms with Crippen molar-refractivity contribution in [2.24, 2.45) is 0 Å². The maximum Gasteiger partial charge on any atom is 0.254 e. The molecule has 4 aromatic rings. The number of halogens is 1.